The number of nitrogens with zero attached hydrogens (tertiary/aromatic N) is 3. The van der Waals surface area contributed by atoms with Crippen LogP contribution in [0.1, 0.15) is 54.4 Å². The smallest absolute Gasteiger partial charge is 0.338 e. The van der Waals surface area contributed by atoms with Crippen LogP contribution in [0, 0.1) is 0 Å². The Bertz CT molecular complexity index is 800. The second-order valence-corrected chi connectivity index (χ2v) is 9.01. The molecular formula is C21H28N4O2S. The van der Waals surface area contributed by atoms with Crippen molar-refractivity contribution in [3.8, 4) is 0 Å². The molecule has 0 radical (unpaired) electrons. The van der Waals surface area contributed by atoms with Gasteiger partial charge in [-0.15, -0.1) is 0 Å². The Balaban J connectivity index is 1.51. The van der Waals surface area contributed by atoms with E-state index in [2.05, 4.69) is 34.3 Å². The Kier molecular flexibility index (Phi) is 5.73. The van der Waals surface area contributed by atoms with E-state index in [9.17, 15) is 4.79 Å². The Morgan fingerprint density at radius 1 is 1.29 bits per heavy atom. The number of thioether (sulfide) groups is 1. The number of nitrogens with one attached hydrogen (secondary N) is 1. The number of benzene rings is 1. The minimum absolute atomic E-state index is 0.0750. The van der Waals surface area contributed by atoms with Crippen molar-refractivity contribution in [3.05, 3.63) is 29.3 Å². The zero-order chi connectivity index (χ0) is 19.7. The molecule has 3 aliphatic rings. The lowest BCUT2D eigenvalue weighted by Gasteiger charge is -2.35. The van der Waals surface area contributed by atoms with E-state index in [4.69, 9.17) is 4.74 Å². The van der Waals surface area contributed by atoms with E-state index < -0.39 is 0 Å². The van der Waals surface area contributed by atoms with Crippen LogP contribution in [0.4, 0.5) is 0 Å². The van der Waals surface area contributed by atoms with E-state index in [0.29, 0.717) is 24.3 Å². The van der Waals surface area contributed by atoms with Crippen LogP contribution in [-0.2, 0) is 4.74 Å². The first kappa shape index (κ1) is 19.5. The predicted octanol–water partition coefficient (Wildman–Crippen LogP) is 3.28. The fourth-order valence-corrected chi connectivity index (χ4v) is 5.56. The third-order valence-corrected chi connectivity index (χ3v) is 7.13. The van der Waals surface area contributed by atoms with Gasteiger partial charge in [0.2, 0.25) is 0 Å². The summed E-state index contributed by atoms with van der Waals surface area (Å²) in [6, 6.07) is 6.95. The zero-order valence-electron chi connectivity index (χ0n) is 16.7. The molecule has 2 heterocycles. The maximum Gasteiger partial charge on any atom is 0.338 e. The molecule has 1 saturated carbocycles. The summed E-state index contributed by atoms with van der Waals surface area (Å²) in [5.41, 5.74) is 1.73. The Morgan fingerprint density at radius 3 is 2.79 bits per heavy atom. The van der Waals surface area contributed by atoms with Gasteiger partial charge in [0, 0.05) is 17.0 Å². The SMILES string of the molecule is CCOC(=O)c1ccc2c(c1)C1C(N[C@H]3CC[C@H](N(C)C)CC3)=NC=NC1S2. The van der Waals surface area contributed by atoms with E-state index in [1.54, 1.807) is 18.1 Å². The molecule has 0 saturated heterocycles. The van der Waals surface area contributed by atoms with Gasteiger partial charge in [0.05, 0.1) is 18.1 Å². The molecule has 28 heavy (non-hydrogen) atoms. The molecule has 1 fully saturated rings. The molecule has 0 amide bonds. The second kappa shape index (κ2) is 8.25. The molecule has 1 N–H and O–H groups in total. The molecule has 0 aromatic heterocycles. The molecule has 1 aromatic rings. The molecule has 0 bridgehead atoms. The first-order chi connectivity index (χ1) is 13.6. The van der Waals surface area contributed by atoms with Crippen molar-refractivity contribution in [1.82, 2.24) is 10.2 Å². The number of carbonyl (C=O) groups excluding carboxylic acids is 1. The summed E-state index contributed by atoms with van der Waals surface area (Å²) in [7, 11) is 4.33. The molecule has 2 unspecified atom stereocenters. The molecule has 6 nitrogen and oxygen atoms in total. The van der Waals surface area contributed by atoms with Gasteiger partial charge in [0.15, 0.2) is 0 Å². The third kappa shape index (κ3) is 3.82. The lowest BCUT2D eigenvalue weighted by Crippen LogP contribution is -2.45. The summed E-state index contributed by atoms with van der Waals surface area (Å²) >= 11 is 1.75. The van der Waals surface area contributed by atoms with Crippen LogP contribution in [0.15, 0.2) is 33.1 Å². The van der Waals surface area contributed by atoms with Gasteiger partial charge in [-0.25, -0.2) is 9.79 Å². The van der Waals surface area contributed by atoms with Crippen molar-refractivity contribution in [3.63, 3.8) is 0 Å². The molecule has 1 aromatic carbocycles. The molecule has 4 rings (SSSR count). The second-order valence-electron chi connectivity index (χ2n) is 7.85. The molecular weight excluding hydrogens is 372 g/mol. The van der Waals surface area contributed by atoms with Gasteiger partial charge >= 0.3 is 5.97 Å². The zero-order valence-corrected chi connectivity index (χ0v) is 17.5. The van der Waals surface area contributed by atoms with E-state index in [1.165, 1.54) is 17.7 Å². The quantitative estimate of drug-likeness (QED) is 0.786. The van der Waals surface area contributed by atoms with Crippen molar-refractivity contribution < 1.29 is 9.53 Å². The monoisotopic (exact) mass is 400 g/mol. The summed E-state index contributed by atoms with van der Waals surface area (Å²) in [5.74, 6) is 0.790. The van der Waals surface area contributed by atoms with Crippen LogP contribution in [-0.4, -0.2) is 61.2 Å². The highest BCUT2D eigenvalue weighted by Gasteiger charge is 2.39. The van der Waals surface area contributed by atoms with Crippen LogP contribution < -0.4 is 5.32 Å². The first-order valence-electron chi connectivity index (χ1n) is 10.1. The number of amidine groups is 1. The van der Waals surface area contributed by atoms with Crippen molar-refractivity contribution >= 4 is 29.9 Å². The minimum Gasteiger partial charge on any atom is -0.462 e. The standard InChI is InChI=1S/C21H28N4O2S/c1-4-27-21(26)13-5-10-17-16(11-13)18-19(22-12-23-20(18)28-17)24-14-6-8-15(9-7-14)25(2)3/h5,10-12,14-15,18,20H,4,6-9H2,1-3H3,(H,22,23,24)/t14-,15-,18?,20?. The number of hydrogen-bond acceptors (Lipinski definition) is 7. The number of hydrogen-bond donors (Lipinski definition) is 1. The Hall–Kier alpha value is -1.86. The predicted molar refractivity (Wildman–Crippen MR) is 114 cm³/mol. The highest BCUT2D eigenvalue weighted by atomic mass is 32.2. The van der Waals surface area contributed by atoms with Gasteiger partial charge in [-0.1, -0.05) is 11.8 Å². The van der Waals surface area contributed by atoms with Crippen LogP contribution in [0.5, 0.6) is 0 Å². The van der Waals surface area contributed by atoms with E-state index >= 15 is 0 Å². The Morgan fingerprint density at radius 2 is 2.07 bits per heavy atom. The van der Waals surface area contributed by atoms with Gasteiger partial charge in [-0.2, -0.15) is 0 Å². The number of carbonyl (C=O) groups is 1. The van der Waals surface area contributed by atoms with E-state index in [1.807, 2.05) is 25.1 Å². The summed E-state index contributed by atoms with van der Waals surface area (Å²) in [6.07, 6.45) is 6.40. The number of fused-ring (bicyclic) bond motifs is 3. The maximum absolute atomic E-state index is 12.2. The fourth-order valence-electron chi connectivity index (χ4n) is 4.31. The molecule has 2 aliphatic heterocycles. The lowest BCUT2D eigenvalue weighted by atomic mass is 9.89. The summed E-state index contributed by atoms with van der Waals surface area (Å²) in [4.78, 5) is 24.9. The molecule has 1 aliphatic carbocycles. The van der Waals surface area contributed by atoms with Crippen molar-refractivity contribution in [2.75, 3.05) is 20.7 Å². The van der Waals surface area contributed by atoms with Crippen molar-refractivity contribution in [2.45, 2.75) is 60.9 Å². The van der Waals surface area contributed by atoms with Gasteiger partial charge in [0.1, 0.15) is 17.5 Å². The van der Waals surface area contributed by atoms with Gasteiger partial charge < -0.3 is 15.0 Å². The highest BCUT2D eigenvalue weighted by molar-refractivity contribution is 8.00. The number of aliphatic imine (C=N–C) groups is 2. The van der Waals surface area contributed by atoms with Crippen molar-refractivity contribution in [2.24, 2.45) is 9.98 Å². The maximum atomic E-state index is 12.2. The normalized spacial score (nSPS) is 28.5. The molecule has 0 spiro atoms. The van der Waals surface area contributed by atoms with E-state index in [-0.39, 0.29) is 17.3 Å². The average molecular weight is 401 g/mol. The molecule has 150 valence electrons. The van der Waals surface area contributed by atoms with Gasteiger partial charge in [-0.05, 0) is 70.5 Å². The molecule has 2 atom stereocenters. The summed E-state index contributed by atoms with van der Waals surface area (Å²) in [6.45, 7) is 2.21. The first-order valence-corrected chi connectivity index (χ1v) is 10.9. The molecule has 7 heteroatoms. The number of ether oxygens (including phenoxy) is 1. The van der Waals surface area contributed by atoms with E-state index in [0.717, 1.165) is 24.2 Å². The topological polar surface area (TPSA) is 66.3 Å². The van der Waals surface area contributed by atoms with Gasteiger partial charge in [0.25, 0.3) is 0 Å². The van der Waals surface area contributed by atoms with Crippen LogP contribution in [0.2, 0.25) is 0 Å². The highest BCUT2D eigenvalue weighted by Crippen LogP contribution is 2.47. The average Bonchev–Trinajstić information content (AvgIpc) is 3.07. The van der Waals surface area contributed by atoms with Gasteiger partial charge in [-0.3, -0.25) is 4.99 Å². The number of rotatable bonds is 4. The number of esters is 1. The van der Waals surface area contributed by atoms with Crippen molar-refractivity contribution in [1.29, 1.82) is 0 Å². The van der Waals surface area contributed by atoms with Crippen LogP contribution in [0.3, 0.4) is 0 Å². The van der Waals surface area contributed by atoms with Crippen LogP contribution >= 0.6 is 11.8 Å². The van der Waals surface area contributed by atoms with Crippen LogP contribution in [0.25, 0.3) is 0 Å². The minimum atomic E-state index is -0.272. The summed E-state index contributed by atoms with van der Waals surface area (Å²) < 4.78 is 5.18. The largest absolute Gasteiger partial charge is 0.462 e. The Labute approximate surface area is 170 Å². The lowest BCUT2D eigenvalue weighted by molar-refractivity contribution is 0.0526. The third-order valence-electron chi connectivity index (χ3n) is 5.87. The summed E-state index contributed by atoms with van der Waals surface area (Å²) in [5, 5.41) is 3.80. The fraction of sp³-hybridized carbons (Fsp3) is 0.571.